The van der Waals surface area contributed by atoms with Crippen LogP contribution >= 0.6 is 0 Å². The van der Waals surface area contributed by atoms with Crippen LogP contribution in [0.3, 0.4) is 0 Å². The van der Waals surface area contributed by atoms with Gasteiger partial charge >= 0.3 is 6.03 Å². The van der Waals surface area contributed by atoms with Gasteiger partial charge in [0.05, 0.1) is 5.70 Å². The molecule has 0 radical (unpaired) electrons. The highest BCUT2D eigenvalue weighted by molar-refractivity contribution is 6.65. The summed E-state index contributed by atoms with van der Waals surface area (Å²) in [5.74, 6) is -0.248. The number of aromatic nitrogens is 1. The van der Waals surface area contributed by atoms with E-state index in [1.165, 1.54) is 6.08 Å². The largest absolute Gasteiger partial charge is 0.346 e. The molecule has 0 unspecified atom stereocenters. The third-order valence-electron chi connectivity index (χ3n) is 2.33. The fourth-order valence-corrected chi connectivity index (χ4v) is 1.67. The number of nitrogens with one attached hydrogen (secondary N) is 1. The van der Waals surface area contributed by atoms with E-state index >= 15 is 0 Å². The minimum atomic E-state index is -0.501. The van der Waals surface area contributed by atoms with Crippen LogP contribution in [0.5, 0.6) is 0 Å². The molecule has 5 nitrogen and oxygen atoms in total. The Morgan fingerprint density at radius 2 is 2.13 bits per heavy atom. The Labute approximate surface area is 83.9 Å². The van der Waals surface area contributed by atoms with Crippen LogP contribution in [0.25, 0.3) is 11.8 Å². The van der Waals surface area contributed by atoms with Crippen LogP contribution in [0.2, 0.25) is 0 Å². The standard InChI is InChI=1S/C10H5N3O2/c14-7-3-5-1-2-11-4-6(5)8-9(7)13-10(15)12-8/h1-4H,(H,12,15). The molecular formula is C10H5N3O2. The molecule has 15 heavy (non-hydrogen) atoms. The molecule has 1 aromatic heterocycles. The van der Waals surface area contributed by atoms with Crippen LogP contribution in [0.4, 0.5) is 4.79 Å². The number of nitrogens with zero attached hydrogens (tertiary/aromatic N) is 2. The first-order valence-corrected chi connectivity index (χ1v) is 4.36. The Balaban J connectivity index is 2.49. The van der Waals surface area contributed by atoms with Gasteiger partial charge in [-0.1, -0.05) is 0 Å². The van der Waals surface area contributed by atoms with E-state index in [0.717, 1.165) is 10.4 Å². The van der Waals surface area contributed by atoms with Crippen LogP contribution < -0.4 is 15.8 Å². The molecule has 0 bridgehead atoms. The first kappa shape index (κ1) is 8.05. The Morgan fingerprint density at radius 1 is 1.27 bits per heavy atom. The molecule has 1 aliphatic heterocycles. The van der Waals surface area contributed by atoms with Gasteiger partial charge in [0.25, 0.3) is 0 Å². The second kappa shape index (κ2) is 2.60. The molecule has 3 rings (SSSR count). The number of carbonyl (C=O) groups is 2. The van der Waals surface area contributed by atoms with Crippen molar-refractivity contribution in [3.8, 4) is 0 Å². The molecule has 0 fully saturated rings. The van der Waals surface area contributed by atoms with E-state index in [0.29, 0.717) is 5.70 Å². The van der Waals surface area contributed by atoms with E-state index in [4.69, 9.17) is 0 Å². The van der Waals surface area contributed by atoms with Crippen molar-refractivity contribution in [1.82, 2.24) is 10.3 Å². The van der Waals surface area contributed by atoms with Crippen molar-refractivity contribution < 1.29 is 9.59 Å². The van der Waals surface area contributed by atoms with E-state index < -0.39 is 6.03 Å². The summed E-state index contributed by atoms with van der Waals surface area (Å²) in [5, 5.41) is 4.03. The van der Waals surface area contributed by atoms with Crippen molar-refractivity contribution in [2.24, 2.45) is 4.99 Å². The molecule has 0 saturated heterocycles. The molecular weight excluding hydrogens is 194 g/mol. The van der Waals surface area contributed by atoms with Gasteiger partial charge in [0.15, 0.2) is 0 Å². The number of urea groups is 1. The van der Waals surface area contributed by atoms with Gasteiger partial charge in [-0.3, -0.25) is 9.78 Å². The smallest absolute Gasteiger partial charge is 0.303 e. The Kier molecular flexibility index (Phi) is 1.39. The summed E-state index contributed by atoms with van der Waals surface area (Å²) in [5.41, 5.74) is 0.649. The SMILES string of the molecule is O=C1N=C2C(=O)C=c3ccncc3=C2N1. The third-order valence-corrected chi connectivity index (χ3v) is 2.33. The van der Waals surface area contributed by atoms with Crippen LogP contribution in [0.15, 0.2) is 23.5 Å². The van der Waals surface area contributed by atoms with Crippen LogP contribution in [-0.4, -0.2) is 22.5 Å². The van der Waals surface area contributed by atoms with Gasteiger partial charge in [0.1, 0.15) is 5.71 Å². The average molecular weight is 199 g/mol. The first-order valence-electron chi connectivity index (χ1n) is 4.36. The number of carbonyl (C=O) groups excluding carboxylic acids is 2. The Hall–Kier alpha value is -2.30. The molecule has 1 aliphatic carbocycles. The third kappa shape index (κ3) is 1.03. The number of hydrogen-bond acceptors (Lipinski definition) is 3. The van der Waals surface area contributed by atoms with Crippen LogP contribution in [0, 0.1) is 0 Å². The van der Waals surface area contributed by atoms with E-state index in [-0.39, 0.29) is 11.5 Å². The van der Waals surface area contributed by atoms with Crippen LogP contribution in [-0.2, 0) is 4.79 Å². The molecule has 0 saturated carbocycles. The van der Waals surface area contributed by atoms with Crippen LogP contribution in [0.1, 0.15) is 0 Å². The summed E-state index contributed by atoms with van der Waals surface area (Å²) >= 11 is 0. The van der Waals surface area contributed by atoms with Crippen molar-refractivity contribution >= 4 is 29.3 Å². The fraction of sp³-hybridized carbons (Fsp3) is 0. The lowest BCUT2D eigenvalue weighted by molar-refractivity contribution is -0.107. The summed E-state index contributed by atoms with van der Waals surface area (Å²) < 4.78 is 0. The molecule has 0 spiro atoms. The maximum Gasteiger partial charge on any atom is 0.346 e. The highest BCUT2D eigenvalue weighted by Crippen LogP contribution is 2.06. The monoisotopic (exact) mass is 199 g/mol. The second-order valence-corrected chi connectivity index (χ2v) is 3.24. The van der Waals surface area contributed by atoms with Crippen molar-refractivity contribution in [1.29, 1.82) is 0 Å². The summed E-state index contributed by atoms with van der Waals surface area (Å²) in [6.07, 6.45) is 4.66. The number of fused-ring (bicyclic) bond motifs is 2. The summed E-state index contributed by atoms with van der Waals surface area (Å²) in [6.45, 7) is 0. The molecule has 1 aromatic rings. The number of rotatable bonds is 0. The number of pyridine rings is 1. The highest BCUT2D eigenvalue weighted by Gasteiger charge is 2.27. The molecule has 0 aromatic carbocycles. The van der Waals surface area contributed by atoms with Gasteiger partial charge in [-0.2, -0.15) is 4.99 Å². The lowest BCUT2D eigenvalue weighted by Gasteiger charge is -2.04. The van der Waals surface area contributed by atoms with Gasteiger partial charge in [0, 0.05) is 17.6 Å². The topological polar surface area (TPSA) is 71.4 Å². The molecule has 0 atom stereocenters. The van der Waals surface area contributed by atoms with Crippen molar-refractivity contribution in [2.75, 3.05) is 0 Å². The summed E-state index contributed by atoms with van der Waals surface area (Å²) in [4.78, 5) is 30.2. The van der Waals surface area contributed by atoms with Crippen molar-refractivity contribution in [3.05, 3.63) is 28.9 Å². The minimum Gasteiger partial charge on any atom is -0.303 e. The zero-order valence-electron chi connectivity index (χ0n) is 7.52. The fourth-order valence-electron chi connectivity index (χ4n) is 1.67. The lowest BCUT2D eigenvalue weighted by atomic mass is 10.0. The Morgan fingerprint density at radius 3 is 3.00 bits per heavy atom. The van der Waals surface area contributed by atoms with Crippen molar-refractivity contribution in [3.63, 3.8) is 0 Å². The average Bonchev–Trinajstić information content (AvgIpc) is 2.61. The number of hydrogen-bond donors (Lipinski definition) is 1. The molecule has 2 aliphatic rings. The second-order valence-electron chi connectivity index (χ2n) is 3.24. The maximum atomic E-state index is 11.6. The number of amides is 2. The molecule has 2 heterocycles. The van der Waals surface area contributed by atoms with E-state index in [1.54, 1.807) is 18.5 Å². The zero-order chi connectivity index (χ0) is 10.4. The number of aliphatic imine (C=N–C) groups is 1. The van der Waals surface area contributed by atoms with Gasteiger partial charge in [0.2, 0.25) is 5.78 Å². The molecule has 1 N–H and O–H groups in total. The predicted octanol–water partition coefficient (Wildman–Crippen LogP) is -1.28. The predicted molar refractivity (Wildman–Crippen MR) is 52.3 cm³/mol. The molecule has 72 valence electrons. The van der Waals surface area contributed by atoms with Gasteiger partial charge in [-0.15, -0.1) is 0 Å². The minimum absolute atomic E-state index is 0.181. The normalized spacial score (nSPS) is 17.6. The van der Waals surface area contributed by atoms with Crippen molar-refractivity contribution in [2.45, 2.75) is 0 Å². The quantitative estimate of drug-likeness (QED) is 0.565. The highest BCUT2D eigenvalue weighted by atomic mass is 16.2. The number of Topliss-reactive ketones (excluding diaryl/α,β-unsaturated/α-hetero) is 1. The first-order chi connectivity index (χ1) is 7.25. The Bertz CT molecular complexity index is 643. The lowest BCUT2D eigenvalue weighted by Crippen LogP contribution is -2.39. The van der Waals surface area contributed by atoms with E-state index in [9.17, 15) is 9.59 Å². The molecule has 5 heteroatoms. The number of ketones is 1. The zero-order valence-corrected chi connectivity index (χ0v) is 7.52. The van der Waals surface area contributed by atoms with Gasteiger partial charge in [-0.25, -0.2) is 4.79 Å². The van der Waals surface area contributed by atoms with E-state index in [2.05, 4.69) is 15.3 Å². The van der Waals surface area contributed by atoms with E-state index in [1.807, 2.05) is 0 Å². The molecule has 2 amide bonds. The summed E-state index contributed by atoms with van der Waals surface area (Å²) in [6, 6.07) is 1.22. The summed E-state index contributed by atoms with van der Waals surface area (Å²) in [7, 11) is 0. The maximum absolute atomic E-state index is 11.6. The van der Waals surface area contributed by atoms with Gasteiger partial charge in [-0.05, 0) is 17.4 Å². The van der Waals surface area contributed by atoms with Gasteiger partial charge < -0.3 is 5.32 Å².